The minimum absolute atomic E-state index is 0.203. The summed E-state index contributed by atoms with van der Waals surface area (Å²) < 4.78 is 5.42. The maximum Gasteiger partial charge on any atom is 0.278 e. The molecule has 5 heteroatoms. The number of piperidine rings is 1. The molecule has 2 amide bonds. The fraction of sp³-hybridized carbons (Fsp3) is 0.333. The number of para-hydroxylation sites is 1. The maximum absolute atomic E-state index is 13.4. The summed E-state index contributed by atoms with van der Waals surface area (Å²) in [5.41, 5.74) is 3.81. The van der Waals surface area contributed by atoms with Crippen LogP contribution in [0.4, 0.5) is 0 Å². The highest BCUT2D eigenvalue weighted by molar-refractivity contribution is 6.35. The van der Waals surface area contributed by atoms with E-state index in [1.54, 1.807) is 7.11 Å². The molecule has 0 aliphatic carbocycles. The van der Waals surface area contributed by atoms with Crippen molar-refractivity contribution in [2.75, 3.05) is 20.2 Å². The van der Waals surface area contributed by atoms with Crippen LogP contribution >= 0.6 is 0 Å². The van der Waals surface area contributed by atoms with Gasteiger partial charge in [-0.05, 0) is 37.8 Å². The van der Waals surface area contributed by atoms with Gasteiger partial charge in [-0.25, -0.2) is 0 Å². The largest absolute Gasteiger partial charge is 0.496 e. The summed E-state index contributed by atoms with van der Waals surface area (Å²) in [5, 5.41) is 0. The Morgan fingerprint density at radius 2 is 1.59 bits per heavy atom. The standard InChI is InChI=1S/C24H26N2O3/c1-17-10-12-18(13-11-17)21-22(25-14-6-3-7-15-25)24(28)26(23(21)27)16-19-8-4-5-9-20(19)29-2/h4-5,8-13H,3,6-7,14-16H2,1-2H3. The monoisotopic (exact) mass is 390 g/mol. The van der Waals surface area contributed by atoms with Gasteiger partial charge in [0.2, 0.25) is 0 Å². The number of benzene rings is 2. The van der Waals surface area contributed by atoms with Crippen LogP contribution in [0.3, 0.4) is 0 Å². The molecule has 0 saturated carbocycles. The van der Waals surface area contributed by atoms with Gasteiger partial charge in [-0.3, -0.25) is 14.5 Å². The van der Waals surface area contributed by atoms with Crippen LogP contribution in [0.5, 0.6) is 5.75 Å². The number of carbonyl (C=O) groups is 2. The molecule has 0 unspecified atom stereocenters. The quantitative estimate of drug-likeness (QED) is 0.730. The van der Waals surface area contributed by atoms with Gasteiger partial charge < -0.3 is 9.64 Å². The summed E-state index contributed by atoms with van der Waals surface area (Å²) in [5.74, 6) is 0.236. The van der Waals surface area contributed by atoms with E-state index in [1.807, 2.05) is 55.5 Å². The summed E-state index contributed by atoms with van der Waals surface area (Å²) >= 11 is 0. The number of nitrogens with zero attached hydrogens (tertiary/aromatic N) is 2. The molecule has 2 heterocycles. The molecule has 2 aromatic carbocycles. The first-order valence-corrected chi connectivity index (χ1v) is 10.1. The Morgan fingerprint density at radius 1 is 0.897 bits per heavy atom. The number of carbonyl (C=O) groups excluding carboxylic acids is 2. The minimum Gasteiger partial charge on any atom is -0.496 e. The second kappa shape index (κ2) is 8.11. The van der Waals surface area contributed by atoms with Gasteiger partial charge in [0.1, 0.15) is 11.4 Å². The number of imide groups is 1. The highest BCUT2D eigenvalue weighted by atomic mass is 16.5. The van der Waals surface area contributed by atoms with Crippen molar-refractivity contribution in [2.24, 2.45) is 0 Å². The molecule has 2 aliphatic rings. The predicted molar refractivity (Wildman–Crippen MR) is 112 cm³/mol. The molecule has 0 spiro atoms. The van der Waals surface area contributed by atoms with Gasteiger partial charge in [0.15, 0.2) is 0 Å². The maximum atomic E-state index is 13.4. The Labute approximate surface area is 171 Å². The van der Waals surface area contributed by atoms with E-state index in [1.165, 1.54) is 4.90 Å². The van der Waals surface area contributed by atoms with Crippen molar-refractivity contribution < 1.29 is 14.3 Å². The van der Waals surface area contributed by atoms with E-state index < -0.39 is 0 Å². The number of methoxy groups -OCH3 is 1. The van der Waals surface area contributed by atoms with Crippen molar-refractivity contribution in [2.45, 2.75) is 32.7 Å². The van der Waals surface area contributed by atoms with Gasteiger partial charge >= 0.3 is 0 Å². The smallest absolute Gasteiger partial charge is 0.278 e. The van der Waals surface area contributed by atoms with Crippen LogP contribution in [-0.2, 0) is 16.1 Å². The highest BCUT2D eigenvalue weighted by Crippen LogP contribution is 2.35. The molecule has 2 aromatic rings. The number of amides is 2. The molecule has 1 fully saturated rings. The Kier molecular flexibility index (Phi) is 5.38. The van der Waals surface area contributed by atoms with Gasteiger partial charge in [0, 0.05) is 18.7 Å². The summed E-state index contributed by atoms with van der Waals surface area (Å²) in [6.45, 7) is 3.84. The number of hydrogen-bond acceptors (Lipinski definition) is 4. The third kappa shape index (κ3) is 3.65. The molecule has 1 saturated heterocycles. The Morgan fingerprint density at radius 3 is 2.28 bits per heavy atom. The number of ether oxygens (including phenoxy) is 1. The fourth-order valence-electron chi connectivity index (χ4n) is 4.10. The van der Waals surface area contributed by atoms with Crippen LogP contribution in [0.15, 0.2) is 54.2 Å². The van der Waals surface area contributed by atoms with Crippen molar-refractivity contribution in [3.63, 3.8) is 0 Å². The Bertz CT molecular complexity index is 956. The van der Waals surface area contributed by atoms with Crippen molar-refractivity contribution in [3.8, 4) is 5.75 Å². The first-order valence-electron chi connectivity index (χ1n) is 10.1. The normalized spacial score (nSPS) is 17.3. The number of rotatable bonds is 5. The predicted octanol–water partition coefficient (Wildman–Crippen LogP) is 3.77. The first-order chi connectivity index (χ1) is 14.1. The molecular formula is C24H26N2O3. The lowest BCUT2D eigenvalue weighted by molar-refractivity contribution is -0.138. The highest BCUT2D eigenvalue weighted by Gasteiger charge is 2.41. The molecule has 150 valence electrons. The average molecular weight is 390 g/mol. The number of likely N-dealkylation sites (tertiary alicyclic amines) is 1. The lowest BCUT2D eigenvalue weighted by Crippen LogP contribution is -2.37. The summed E-state index contributed by atoms with van der Waals surface area (Å²) in [4.78, 5) is 30.3. The molecule has 0 radical (unpaired) electrons. The van der Waals surface area contributed by atoms with Crippen LogP contribution in [0, 0.1) is 6.92 Å². The molecule has 0 bridgehead atoms. The molecule has 4 rings (SSSR count). The average Bonchev–Trinajstić information content (AvgIpc) is 3.00. The van der Waals surface area contributed by atoms with E-state index in [9.17, 15) is 9.59 Å². The van der Waals surface area contributed by atoms with Crippen LogP contribution < -0.4 is 4.74 Å². The third-order valence-corrected chi connectivity index (χ3v) is 5.68. The molecule has 29 heavy (non-hydrogen) atoms. The summed E-state index contributed by atoms with van der Waals surface area (Å²) in [7, 11) is 1.60. The van der Waals surface area contributed by atoms with Gasteiger partial charge in [0.25, 0.3) is 11.8 Å². The van der Waals surface area contributed by atoms with Crippen molar-refractivity contribution >= 4 is 17.4 Å². The summed E-state index contributed by atoms with van der Waals surface area (Å²) in [6.07, 6.45) is 3.24. The van der Waals surface area contributed by atoms with Crippen LogP contribution in [0.25, 0.3) is 5.57 Å². The first kappa shape index (κ1) is 19.2. The zero-order valence-corrected chi connectivity index (χ0v) is 17.0. The molecule has 5 nitrogen and oxygen atoms in total. The number of aryl methyl sites for hydroxylation is 1. The van der Waals surface area contributed by atoms with E-state index in [-0.39, 0.29) is 18.4 Å². The second-order valence-electron chi connectivity index (χ2n) is 7.65. The lowest BCUT2D eigenvalue weighted by Gasteiger charge is -2.29. The van der Waals surface area contributed by atoms with E-state index in [2.05, 4.69) is 4.90 Å². The zero-order chi connectivity index (χ0) is 20.4. The van der Waals surface area contributed by atoms with E-state index >= 15 is 0 Å². The van der Waals surface area contributed by atoms with Crippen LogP contribution in [-0.4, -0.2) is 41.8 Å². The minimum atomic E-state index is -0.231. The molecular weight excluding hydrogens is 364 g/mol. The Hall–Kier alpha value is -3.08. The molecule has 0 aromatic heterocycles. The molecule has 0 N–H and O–H groups in total. The van der Waals surface area contributed by atoms with E-state index in [0.29, 0.717) is 17.0 Å². The van der Waals surface area contributed by atoms with Gasteiger partial charge in [-0.2, -0.15) is 0 Å². The third-order valence-electron chi connectivity index (χ3n) is 5.68. The van der Waals surface area contributed by atoms with E-state index in [0.717, 1.165) is 49.0 Å². The van der Waals surface area contributed by atoms with Gasteiger partial charge in [-0.1, -0.05) is 48.0 Å². The lowest BCUT2D eigenvalue weighted by atomic mass is 10.0. The zero-order valence-electron chi connectivity index (χ0n) is 17.0. The van der Waals surface area contributed by atoms with Crippen molar-refractivity contribution in [1.82, 2.24) is 9.80 Å². The van der Waals surface area contributed by atoms with Crippen molar-refractivity contribution in [1.29, 1.82) is 0 Å². The van der Waals surface area contributed by atoms with Crippen LogP contribution in [0.1, 0.15) is 36.0 Å². The van der Waals surface area contributed by atoms with Gasteiger partial charge in [-0.15, -0.1) is 0 Å². The Balaban J connectivity index is 1.74. The second-order valence-corrected chi connectivity index (χ2v) is 7.65. The summed E-state index contributed by atoms with van der Waals surface area (Å²) in [6, 6.07) is 15.4. The number of hydrogen-bond donors (Lipinski definition) is 0. The molecule has 2 aliphatic heterocycles. The fourth-order valence-corrected chi connectivity index (χ4v) is 4.10. The SMILES string of the molecule is COc1ccccc1CN1C(=O)C(c2ccc(C)cc2)=C(N2CCCCC2)C1=O. The van der Waals surface area contributed by atoms with Gasteiger partial charge in [0.05, 0.1) is 19.2 Å². The molecule has 0 atom stereocenters. The van der Waals surface area contributed by atoms with E-state index in [4.69, 9.17) is 4.74 Å². The topological polar surface area (TPSA) is 49.9 Å². The van der Waals surface area contributed by atoms with Crippen LogP contribution in [0.2, 0.25) is 0 Å². The van der Waals surface area contributed by atoms with Crippen molar-refractivity contribution in [3.05, 3.63) is 70.9 Å².